The fourth-order valence-electron chi connectivity index (χ4n) is 18.6. The number of nitrogens with zero attached hydrogens (tertiary/aromatic N) is 4. The van der Waals surface area contributed by atoms with Gasteiger partial charge in [-0.3, -0.25) is 0 Å². The van der Waals surface area contributed by atoms with Crippen LogP contribution in [0.25, 0.3) is 133 Å². The molecule has 18 aromatic rings. The van der Waals surface area contributed by atoms with Crippen molar-refractivity contribution >= 4 is 101 Å². The molecular formula is C115H101BN4. The minimum Gasteiger partial charge on any atom is -0.310 e. The summed E-state index contributed by atoms with van der Waals surface area (Å²) in [5.74, 6) is 0. The van der Waals surface area contributed by atoms with Gasteiger partial charge in [-0.2, -0.15) is 0 Å². The zero-order valence-electron chi connectivity index (χ0n) is 83.7. The third kappa shape index (κ3) is 12.8. The molecule has 20 rings (SSSR count). The number of benzene rings is 16. The number of anilines is 6. The van der Waals surface area contributed by atoms with Crippen LogP contribution >= 0.6 is 0 Å². The third-order valence-electron chi connectivity index (χ3n) is 24.6. The average Bonchev–Trinajstić information content (AvgIpc) is 1.48. The summed E-state index contributed by atoms with van der Waals surface area (Å²) in [6.07, 6.45) is 0. The number of aryl methyl sites for hydroxylation is 3. The van der Waals surface area contributed by atoms with Gasteiger partial charge < -0.3 is 18.9 Å². The van der Waals surface area contributed by atoms with E-state index in [1.165, 1.54) is 0 Å². The van der Waals surface area contributed by atoms with Gasteiger partial charge in [-0.15, -0.1) is 0 Å². The lowest BCUT2D eigenvalue weighted by Gasteiger charge is -2.46. The first-order chi connectivity index (χ1) is 63.2. The molecule has 0 bridgehead atoms. The van der Waals surface area contributed by atoms with Gasteiger partial charge >= 0.3 is 0 Å². The van der Waals surface area contributed by atoms with Gasteiger partial charge in [0.1, 0.15) is 0 Å². The van der Waals surface area contributed by atoms with Crippen LogP contribution in [0.3, 0.4) is 0 Å². The maximum atomic E-state index is 10.5. The molecular weight excluding hydrogens is 1450 g/mol. The first-order valence-electron chi connectivity index (χ1n) is 48.3. The Labute approximate surface area is 726 Å². The molecule has 0 saturated carbocycles. The first kappa shape index (κ1) is 62.0. The van der Waals surface area contributed by atoms with Crippen molar-refractivity contribution in [2.24, 2.45) is 0 Å². The highest BCUT2D eigenvalue weighted by Crippen LogP contribution is 2.57. The second kappa shape index (κ2) is 28.5. The zero-order valence-corrected chi connectivity index (χ0v) is 70.7. The smallest absolute Gasteiger partial charge is 0.252 e. The molecule has 120 heavy (non-hydrogen) atoms. The lowest BCUT2D eigenvalue weighted by atomic mass is 9.33. The largest absolute Gasteiger partial charge is 0.310 e. The SMILES string of the molecule is [2H]c1c([2H])c([2H])c2c(c1[2H])c1c([2H])c(C(C)(C)C)cc([2H])c1n2-c1ccc2c(c1)N(c1c(-c3ccccc3)cc(C(C)(C)C)cc1-c1ccccc1)c1cc(-c3c(C)cc(C)cc3C)cc3c1B2c1ccc(-n2c4c([2H])c([2H])c([2H])c([2H])c4c4c([2H])c(C(C)(C)C)c([2H])c([2H])c42)cc1N3c1c(-c2cccc(-c3ccccc3)c2)cc(C(C)(C)C)cc1-c1cccc(-c2ccccc2)c1. The summed E-state index contributed by atoms with van der Waals surface area (Å²) in [6, 6.07) is 88.6. The summed E-state index contributed by atoms with van der Waals surface area (Å²) < 4.78 is 134. The molecule has 4 heterocycles. The molecule has 0 saturated heterocycles. The number of aromatic nitrogens is 2. The molecule has 0 fully saturated rings. The van der Waals surface area contributed by atoms with Crippen LogP contribution in [0.2, 0.25) is 0 Å². The fraction of sp³-hybridized carbons (Fsp3) is 0.165. The van der Waals surface area contributed by atoms with Crippen molar-refractivity contribution in [3.63, 3.8) is 0 Å². The van der Waals surface area contributed by atoms with E-state index in [-0.39, 0.29) is 104 Å². The van der Waals surface area contributed by atoms with Gasteiger partial charge in [0, 0.05) is 77.9 Å². The van der Waals surface area contributed by atoms with Crippen LogP contribution in [0.4, 0.5) is 34.1 Å². The quantitative estimate of drug-likeness (QED) is 0.120. The van der Waals surface area contributed by atoms with Crippen LogP contribution < -0.4 is 26.2 Å². The predicted molar refractivity (Wildman–Crippen MR) is 516 cm³/mol. The van der Waals surface area contributed by atoms with E-state index in [1.807, 2.05) is 77.9 Å². The van der Waals surface area contributed by atoms with Crippen molar-refractivity contribution in [3.8, 4) is 89.3 Å². The summed E-state index contributed by atoms with van der Waals surface area (Å²) >= 11 is 0. The Morgan fingerprint density at radius 2 is 0.642 bits per heavy atom. The molecule has 0 aliphatic carbocycles. The monoisotopic (exact) mass is 1560 g/mol. The number of rotatable bonds is 11. The van der Waals surface area contributed by atoms with E-state index in [4.69, 9.17) is 0 Å². The lowest BCUT2D eigenvalue weighted by Crippen LogP contribution is -2.61. The number of fused-ring (bicyclic) bond motifs is 10. The van der Waals surface area contributed by atoms with E-state index >= 15 is 0 Å². The Hall–Kier alpha value is -13.2. The van der Waals surface area contributed by atoms with Crippen LogP contribution in [0.1, 0.15) is 140 Å². The highest BCUT2D eigenvalue weighted by Gasteiger charge is 2.47. The van der Waals surface area contributed by atoms with Crippen molar-refractivity contribution in [1.29, 1.82) is 0 Å². The molecule has 584 valence electrons. The van der Waals surface area contributed by atoms with Crippen molar-refractivity contribution in [3.05, 3.63) is 378 Å². The Kier molecular flexibility index (Phi) is 14.7. The highest BCUT2D eigenvalue weighted by atomic mass is 15.2. The second-order valence-corrected chi connectivity index (χ2v) is 36.9. The molecule has 0 amide bonds. The van der Waals surface area contributed by atoms with Gasteiger partial charge in [0.05, 0.1) is 51.3 Å². The van der Waals surface area contributed by atoms with E-state index in [0.29, 0.717) is 28.3 Å². The van der Waals surface area contributed by atoms with Crippen molar-refractivity contribution in [1.82, 2.24) is 9.13 Å². The van der Waals surface area contributed by atoms with E-state index < -0.39 is 52.5 Å². The normalized spacial score (nSPS) is 14.4. The molecule has 5 heteroatoms. The fourth-order valence-corrected chi connectivity index (χ4v) is 18.6. The minimum atomic E-state index is -0.859. The highest BCUT2D eigenvalue weighted by molar-refractivity contribution is 7.00. The number of para-hydroxylation sites is 2. The van der Waals surface area contributed by atoms with Crippen LogP contribution in [0, 0.1) is 20.8 Å². The molecule has 0 unspecified atom stereocenters. The summed E-state index contributed by atoms with van der Waals surface area (Å²) in [5.41, 5.74) is 25.2. The predicted octanol–water partition coefficient (Wildman–Crippen LogP) is 29.7. The molecule has 16 aromatic carbocycles. The second-order valence-electron chi connectivity index (χ2n) is 36.9. The van der Waals surface area contributed by atoms with Crippen molar-refractivity contribution < 1.29 is 17.8 Å². The summed E-state index contributed by atoms with van der Waals surface area (Å²) in [6.45, 7) is 30.9. The first-order valence-corrected chi connectivity index (χ1v) is 41.8. The lowest BCUT2D eigenvalue weighted by molar-refractivity contribution is 0.590. The maximum absolute atomic E-state index is 10.5. The van der Waals surface area contributed by atoms with Gasteiger partial charge in [0.25, 0.3) is 6.71 Å². The third-order valence-corrected chi connectivity index (χ3v) is 24.6. The van der Waals surface area contributed by atoms with Crippen LogP contribution in [0.5, 0.6) is 0 Å². The molecule has 2 aliphatic heterocycles. The van der Waals surface area contributed by atoms with E-state index in [9.17, 15) is 17.8 Å². The van der Waals surface area contributed by atoms with E-state index in [0.717, 1.165) is 145 Å². The van der Waals surface area contributed by atoms with Crippen LogP contribution in [-0.2, 0) is 21.7 Å². The molecule has 4 nitrogen and oxygen atoms in total. The number of hydrogen-bond donors (Lipinski definition) is 0. The summed E-state index contributed by atoms with van der Waals surface area (Å²) in [7, 11) is 0. The Bertz CT molecular complexity index is 7800. The van der Waals surface area contributed by atoms with Gasteiger partial charge in [-0.1, -0.05) is 319 Å². The Morgan fingerprint density at radius 1 is 0.275 bits per heavy atom. The minimum absolute atomic E-state index is 0.0337. The van der Waals surface area contributed by atoms with E-state index in [1.54, 1.807) is 15.2 Å². The Morgan fingerprint density at radius 3 is 1.07 bits per heavy atom. The topological polar surface area (TPSA) is 16.3 Å². The van der Waals surface area contributed by atoms with Crippen molar-refractivity contribution in [2.75, 3.05) is 9.80 Å². The van der Waals surface area contributed by atoms with Gasteiger partial charge in [-0.05, 0) is 257 Å². The van der Waals surface area contributed by atoms with Crippen molar-refractivity contribution in [2.45, 2.75) is 126 Å². The Balaban J connectivity index is 1.04. The van der Waals surface area contributed by atoms with Gasteiger partial charge in [0.15, 0.2) is 0 Å². The van der Waals surface area contributed by atoms with E-state index in [2.05, 4.69) is 291 Å². The summed E-state index contributed by atoms with van der Waals surface area (Å²) in [4.78, 5) is 4.90. The summed E-state index contributed by atoms with van der Waals surface area (Å²) in [5, 5.41) is 0.561. The zero-order chi connectivity index (χ0) is 93.9. The standard InChI is InChI=1S/C115H101BN4/c1-72-58-73(2)108(74(3)59-72)83-62-106-109-107(63-83)120(111-94(81-44-32-42-79(60-81)75-34-20-16-21-35-75)68-87(115(13,14)15)69-95(111)82-45-33-43-80(61-82)76-36-22-17-23-37-76)105-71-89(118-101-49-31-29-47-91(101)97-65-85(113(7,8)9)51-57-103(97)118)53-55-99(105)116(109)98-54-52-88(117-100-48-30-28-46-90(100)96-64-84(112(4,5)6)50-56-102(96)117)70-104(98)119(106)110-92(77-38-24-18-25-39-77)66-86(114(10,11)12)67-93(110)78-40-26-19-27-41-78/h16-71H,1-15H3/i28D,29D,30D,31D,46D,47D,48D,49D,51D,56D,57D,64D,65D. The molecule has 2 aliphatic rings. The van der Waals surface area contributed by atoms with Crippen LogP contribution in [0.15, 0.2) is 339 Å². The molecule has 2 aromatic heterocycles. The molecule has 0 spiro atoms. The molecule has 0 atom stereocenters. The van der Waals surface area contributed by atoms with Crippen LogP contribution in [-0.4, -0.2) is 15.8 Å². The maximum Gasteiger partial charge on any atom is 0.252 e. The van der Waals surface area contributed by atoms with Gasteiger partial charge in [0.2, 0.25) is 0 Å². The average molecular weight is 1560 g/mol. The number of hydrogen-bond acceptors (Lipinski definition) is 2. The molecule has 0 radical (unpaired) electrons. The molecule has 0 N–H and O–H groups in total. The van der Waals surface area contributed by atoms with Gasteiger partial charge in [-0.25, -0.2) is 0 Å².